The van der Waals surface area contributed by atoms with Gasteiger partial charge in [-0.1, -0.05) is 65.4 Å². The van der Waals surface area contributed by atoms with Crippen LogP contribution in [0.1, 0.15) is 17.5 Å². The van der Waals surface area contributed by atoms with Crippen molar-refractivity contribution in [3.63, 3.8) is 0 Å². The van der Waals surface area contributed by atoms with Crippen molar-refractivity contribution in [2.45, 2.75) is 19.4 Å². The van der Waals surface area contributed by atoms with Gasteiger partial charge in [-0.25, -0.2) is 4.90 Å². The summed E-state index contributed by atoms with van der Waals surface area (Å²) in [7, 11) is 0. The number of amides is 3. The van der Waals surface area contributed by atoms with E-state index < -0.39 is 11.9 Å². The minimum Gasteiger partial charge on any atom is -0.280 e. The number of thiocarbonyl (C=S) groups is 1. The van der Waals surface area contributed by atoms with Gasteiger partial charge in [0, 0.05) is 5.02 Å². The summed E-state index contributed by atoms with van der Waals surface area (Å²) in [5.41, 5.74) is 2.31. The Morgan fingerprint density at radius 1 is 1.07 bits per heavy atom. The Balaban J connectivity index is 1.59. The number of hydrogen-bond acceptors (Lipinski definition) is 5. The van der Waals surface area contributed by atoms with Crippen molar-refractivity contribution < 1.29 is 14.4 Å². The molecular weight excluding hydrogens is 428 g/mol. The minimum absolute atomic E-state index is 0.0899. The Labute approximate surface area is 182 Å². The van der Waals surface area contributed by atoms with Gasteiger partial charge in [-0.2, -0.15) is 0 Å². The highest BCUT2D eigenvalue weighted by atomic mass is 35.5. The van der Waals surface area contributed by atoms with Crippen LogP contribution in [0.3, 0.4) is 0 Å². The second-order valence-corrected chi connectivity index (χ2v) is 8.84. The molecule has 0 aliphatic carbocycles. The highest BCUT2D eigenvalue weighted by Crippen LogP contribution is 2.37. The summed E-state index contributed by atoms with van der Waals surface area (Å²) < 4.78 is 0.270. The molecule has 2 fully saturated rings. The van der Waals surface area contributed by atoms with Crippen molar-refractivity contribution in [1.29, 1.82) is 0 Å². The molecule has 2 aromatic rings. The van der Waals surface area contributed by atoms with E-state index in [0.717, 1.165) is 27.8 Å². The summed E-state index contributed by atoms with van der Waals surface area (Å²) in [6, 6.07) is 13.2. The maximum atomic E-state index is 13.0. The lowest BCUT2D eigenvalue weighted by Gasteiger charge is -2.21. The SMILES string of the molecule is Cc1ccc(N2C(=O)CC(N3C(=O)/C(=C/c4ccc(Cl)cc4)SC3=S)C2=O)cc1. The molecule has 1 atom stereocenters. The van der Waals surface area contributed by atoms with Gasteiger partial charge in [-0.3, -0.25) is 19.3 Å². The Bertz CT molecular complexity index is 1060. The third-order valence-corrected chi connectivity index (χ3v) is 6.30. The average molecular weight is 443 g/mol. The molecular formula is C21H15ClN2O3S2. The first kappa shape index (κ1) is 19.8. The van der Waals surface area contributed by atoms with Gasteiger partial charge in [0.2, 0.25) is 5.91 Å². The number of rotatable bonds is 3. The first-order chi connectivity index (χ1) is 13.8. The van der Waals surface area contributed by atoms with Gasteiger partial charge in [0.15, 0.2) is 0 Å². The molecule has 0 N–H and O–H groups in total. The Morgan fingerprint density at radius 3 is 2.38 bits per heavy atom. The van der Waals surface area contributed by atoms with Crippen LogP contribution < -0.4 is 4.90 Å². The molecule has 146 valence electrons. The fourth-order valence-electron chi connectivity index (χ4n) is 3.24. The van der Waals surface area contributed by atoms with Crippen LogP contribution in [0, 0.1) is 6.92 Å². The van der Waals surface area contributed by atoms with Crippen LogP contribution in [0.25, 0.3) is 6.08 Å². The largest absolute Gasteiger partial charge is 0.280 e. The molecule has 4 rings (SSSR count). The van der Waals surface area contributed by atoms with E-state index in [9.17, 15) is 14.4 Å². The van der Waals surface area contributed by atoms with E-state index in [4.69, 9.17) is 23.8 Å². The Kier molecular flexibility index (Phi) is 5.29. The number of anilines is 1. The van der Waals surface area contributed by atoms with Crippen molar-refractivity contribution in [3.8, 4) is 0 Å². The number of benzene rings is 2. The number of hydrogen-bond donors (Lipinski definition) is 0. The smallest absolute Gasteiger partial charge is 0.266 e. The number of aryl methyl sites for hydroxylation is 1. The maximum Gasteiger partial charge on any atom is 0.266 e. The zero-order valence-electron chi connectivity index (χ0n) is 15.3. The molecule has 29 heavy (non-hydrogen) atoms. The number of carbonyl (C=O) groups excluding carboxylic acids is 3. The van der Waals surface area contributed by atoms with Crippen molar-refractivity contribution in [1.82, 2.24) is 4.90 Å². The third-order valence-electron chi connectivity index (χ3n) is 4.72. The van der Waals surface area contributed by atoms with Gasteiger partial charge in [0.05, 0.1) is 17.0 Å². The molecule has 0 radical (unpaired) electrons. The van der Waals surface area contributed by atoms with Crippen molar-refractivity contribution >= 4 is 69.4 Å². The van der Waals surface area contributed by atoms with Crippen LogP contribution in [-0.2, 0) is 14.4 Å². The predicted molar refractivity (Wildman–Crippen MR) is 119 cm³/mol. The molecule has 8 heteroatoms. The molecule has 5 nitrogen and oxygen atoms in total. The van der Waals surface area contributed by atoms with E-state index in [0.29, 0.717) is 15.6 Å². The second kappa shape index (κ2) is 7.74. The van der Waals surface area contributed by atoms with Crippen LogP contribution >= 0.6 is 35.6 Å². The lowest BCUT2D eigenvalue weighted by Crippen LogP contribution is -2.44. The second-order valence-electron chi connectivity index (χ2n) is 6.73. The van der Waals surface area contributed by atoms with Crippen molar-refractivity contribution in [2.75, 3.05) is 4.90 Å². The molecule has 0 spiro atoms. The lowest BCUT2D eigenvalue weighted by atomic mass is 10.2. The van der Waals surface area contributed by atoms with Gasteiger partial charge < -0.3 is 0 Å². The standard InChI is InChI=1S/C21H15ClN2O3S2/c1-12-2-8-15(9-3-12)23-18(25)11-16(19(23)26)24-20(27)17(29-21(24)28)10-13-4-6-14(22)7-5-13/h2-10,16H,11H2,1H3/b17-10-. The first-order valence-electron chi connectivity index (χ1n) is 8.81. The summed E-state index contributed by atoms with van der Waals surface area (Å²) in [4.78, 5) is 41.3. The maximum absolute atomic E-state index is 13.0. The molecule has 2 aromatic carbocycles. The molecule has 0 saturated carbocycles. The molecule has 1 unspecified atom stereocenters. The van der Waals surface area contributed by atoms with Gasteiger partial charge >= 0.3 is 0 Å². The number of thioether (sulfide) groups is 1. The molecule has 2 heterocycles. The molecule has 3 amide bonds. The average Bonchev–Trinajstić information content (AvgIpc) is 3.12. The third kappa shape index (κ3) is 3.73. The van der Waals surface area contributed by atoms with Gasteiger partial charge in [-0.05, 0) is 42.8 Å². The Morgan fingerprint density at radius 2 is 1.72 bits per heavy atom. The number of imide groups is 1. The van der Waals surface area contributed by atoms with Crippen molar-refractivity contribution in [2.24, 2.45) is 0 Å². The molecule has 2 aliphatic rings. The van der Waals surface area contributed by atoms with Gasteiger partial charge in [0.25, 0.3) is 11.8 Å². The zero-order valence-corrected chi connectivity index (χ0v) is 17.7. The summed E-state index contributed by atoms with van der Waals surface area (Å²) in [5, 5.41) is 0.598. The van der Waals surface area contributed by atoms with Crippen LogP contribution in [-0.4, -0.2) is 33.0 Å². The topological polar surface area (TPSA) is 57.7 Å². The molecule has 2 aliphatic heterocycles. The summed E-state index contributed by atoms with van der Waals surface area (Å²) in [5.74, 6) is -1.16. The van der Waals surface area contributed by atoms with E-state index in [1.165, 1.54) is 4.90 Å². The van der Waals surface area contributed by atoms with E-state index >= 15 is 0 Å². The van der Waals surface area contributed by atoms with Gasteiger partial charge in [0.1, 0.15) is 10.4 Å². The first-order valence-corrected chi connectivity index (χ1v) is 10.4. The summed E-state index contributed by atoms with van der Waals surface area (Å²) >= 11 is 12.4. The van der Waals surface area contributed by atoms with E-state index in [1.807, 2.05) is 19.1 Å². The van der Waals surface area contributed by atoms with Crippen LogP contribution in [0.5, 0.6) is 0 Å². The van der Waals surface area contributed by atoms with Crippen LogP contribution in [0.15, 0.2) is 53.4 Å². The fourth-order valence-corrected chi connectivity index (χ4v) is 4.72. The normalized spacial score (nSPS) is 21.0. The molecule has 2 saturated heterocycles. The van der Waals surface area contributed by atoms with E-state index in [2.05, 4.69) is 0 Å². The monoisotopic (exact) mass is 442 g/mol. The van der Waals surface area contributed by atoms with Crippen molar-refractivity contribution in [3.05, 3.63) is 69.6 Å². The highest BCUT2D eigenvalue weighted by molar-refractivity contribution is 8.26. The van der Waals surface area contributed by atoms with Gasteiger partial charge in [-0.15, -0.1) is 0 Å². The van der Waals surface area contributed by atoms with E-state index in [1.54, 1.807) is 42.5 Å². The molecule has 0 aromatic heterocycles. The fraction of sp³-hybridized carbons (Fsp3) is 0.143. The highest BCUT2D eigenvalue weighted by Gasteiger charge is 2.48. The number of nitrogens with zero attached hydrogens (tertiary/aromatic N) is 2. The Hall–Kier alpha value is -2.48. The number of halogens is 1. The van der Waals surface area contributed by atoms with Crippen LogP contribution in [0.2, 0.25) is 5.02 Å². The predicted octanol–water partition coefficient (Wildman–Crippen LogP) is 4.18. The quantitative estimate of drug-likeness (QED) is 0.405. The summed E-state index contributed by atoms with van der Waals surface area (Å²) in [6.07, 6.45) is 1.61. The number of carbonyl (C=O) groups is 3. The van der Waals surface area contributed by atoms with E-state index in [-0.39, 0.29) is 22.6 Å². The van der Waals surface area contributed by atoms with Crippen LogP contribution in [0.4, 0.5) is 5.69 Å². The lowest BCUT2D eigenvalue weighted by molar-refractivity contribution is -0.129. The summed E-state index contributed by atoms with van der Waals surface area (Å²) in [6.45, 7) is 1.92. The molecule has 0 bridgehead atoms. The zero-order chi connectivity index (χ0) is 20.7. The minimum atomic E-state index is -0.924.